The average Bonchev–Trinajstić information content (AvgIpc) is 2.64. The number of likely N-dealkylation sites (tertiary alicyclic amines) is 1. The molecule has 1 fully saturated rings. The molecule has 0 unspecified atom stereocenters. The van der Waals surface area contributed by atoms with Crippen LogP contribution in [0.5, 0.6) is 5.75 Å². The Bertz CT molecular complexity index is 809. The first-order chi connectivity index (χ1) is 12.4. The van der Waals surface area contributed by atoms with Gasteiger partial charge < -0.3 is 9.64 Å². The Hall–Kier alpha value is -2.14. The van der Waals surface area contributed by atoms with Crippen molar-refractivity contribution in [1.29, 1.82) is 0 Å². The zero-order valence-corrected chi connectivity index (χ0v) is 16.6. The molecule has 2 aromatic carbocycles. The normalized spacial score (nSPS) is 15.0. The molecular formula is C21H22BrNO3. The van der Waals surface area contributed by atoms with Gasteiger partial charge in [-0.3, -0.25) is 9.59 Å². The smallest absolute Gasteiger partial charge is 0.314 e. The van der Waals surface area contributed by atoms with Gasteiger partial charge in [0.2, 0.25) is 0 Å². The van der Waals surface area contributed by atoms with E-state index >= 15 is 0 Å². The van der Waals surface area contributed by atoms with Crippen LogP contribution in [-0.4, -0.2) is 29.9 Å². The van der Waals surface area contributed by atoms with Gasteiger partial charge in [-0.1, -0.05) is 33.6 Å². The zero-order valence-electron chi connectivity index (χ0n) is 15.0. The lowest BCUT2D eigenvalue weighted by atomic mass is 9.96. The number of carbonyl (C=O) groups is 2. The van der Waals surface area contributed by atoms with Crippen molar-refractivity contribution in [1.82, 2.24) is 4.90 Å². The molecule has 2 aromatic rings. The minimum Gasteiger partial charge on any atom is -0.426 e. The van der Waals surface area contributed by atoms with Gasteiger partial charge in [-0.2, -0.15) is 0 Å². The molecule has 1 saturated heterocycles. The summed E-state index contributed by atoms with van der Waals surface area (Å²) in [5.74, 6) is 0.269. The molecule has 1 heterocycles. The maximum absolute atomic E-state index is 12.5. The van der Waals surface area contributed by atoms with Crippen molar-refractivity contribution in [2.24, 2.45) is 5.92 Å². The summed E-state index contributed by atoms with van der Waals surface area (Å²) in [6.45, 7) is 5.09. The molecule has 0 aliphatic carbocycles. The summed E-state index contributed by atoms with van der Waals surface area (Å²) >= 11 is 3.37. The molecule has 0 atom stereocenters. The molecule has 26 heavy (non-hydrogen) atoms. The topological polar surface area (TPSA) is 46.6 Å². The van der Waals surface area contributed by atoms with E-state index in [1.54, 1.807) is 0 Å². The first-order valence-corrected chi connectivity index (χ1v) is 9.57. The summed E-state index contributed by atoms with van der Waals surface area (Å²) in [7, 11) is 0. The molecule has 3 rings (SSSR count). The highest BCUT2D eigenvalue weighted by atomic mass is 79.9. The van der Waals surface area contributed by atoms with Crippen molar-refractivity contribution in [3.05, 3.63) is 63.6 Å². The molecular weight excluding hydrogens is 394 g/mol. The van der Waals surface area contributed by atoms with E-state index in [1.807, 2.05) is 61.2 Å². The van der Waals surface area contributed by atoms with Gasteiger partial charge in [0.15, 0.2) is 0 Å². The van der Waals surface area contributed by atoms with Crippen molar-refractivity contribution in [2.75, 3.05) is 13.1 Å². The number of aryl methyl sites for hydroxylation is 2. The molecule has 4 nitrogen and oxygen atoms in total. The number of nitrogens with zero attached hydrogens (tertiary/aromatic N) is 1. The fourth-order valence-electron chi connectivity index (χ4n) is 3.20. The number of carbonyl (C=O) groups excluding carboxylic acids is 2. The highest BCUT2D eigenvalue weighted by Crippen LogP contribution is 2.24. The SMILES string of the molecule is Cc1ccc(OC(=O)C2CCN(C(=O)c3ccc(Br)cc3)CC2)c(C)c1. The third kappa shape index (κ3) is 4.33. The molecule has 1 aliphatic heterocycles. The van der Waals surface area contributed by atoms with Crippen LogP contribution in [0, 0.1) is 19.8 Å². The van der Waals surface area contributed by atoms with E-state index in [4.69, 9.17) is 4.74 Å². The maximum atomic E-state index is 12.5. The summed E-state index contributed by atoms with van der Waals surface area (Å²) < 4.78 is 6.53. The van der Waals surface area contributed by atoms with E-state index < -0.39 is 0 Å². The molecule has 0 aromatic heterocycles. The second kappa shape index (κ2) is 8.04. The Balaban J connectivity index is 1.56. The van der Waals surface area contributed by atoms with Crippen molar-refractivity contribution in [2.45, 2.75) is 26.7 Å². The van der Waals surface area contributed by atoms with Crippen LogP contribution < -0.4 is 4.74 Å². The Kier molecular flexibility index (Phi) is 5.77. The highest BCUT2D eigenvalue weighted by Gasteiger charge is 2.29. The van der Waals surface area contributed by atoms with Crippen LogP contribution in [-0.2, 0) is 4.79 Å². The minimum absolute atomic E-state index is 0.0127. The number of rotatable bonds is 3. The van der Waals surface area contributed by atoms with Gasteiger partial charge in [-0.05, 0) is 62.6 Å². The largest absolute Gasteiger partial charge is 0.426 e. The molecule has 0 N–H and O–H groups in total. The van der Waals surface area contributed by atoms with Crippen molar-refractivity contribution >= 4 is 27.8 Å². The van der Waals surface area contributed by atoms with Crippen LogP contribution in [0.1, 0.15) is 34.3 Å². The number of piperidine rings is 1. The van der Waals surface area contributed by atoms with Crippen LogP contribution in [0.15, 0.2) is 46.9 Å². The standard InChI is InChI=1S/C21H22BrNO3/c1-14-3-8-19(15(2)13-14)26-21(25)17-9-11-23(12-10-17)20(24)16-4-6-18(22)7-5-16/h3-8,13,17H,9-12H2,1-2H3. The zero-order chi connectivity index (χ0) is 18.7. The van der Waals surface area contributed by atoms with Crippen LogP contribution in [0.3, 0.4) is 0 Å². The van der Waals surface area contributed by atoms with E-state index in [1.165, 1.54) is 0 Å². The third-order valence-electron chi connectivity index (χ3n) is 4.75. The number of ether oxygens (including phenoxy) is 1. The maximum Gasteiger partial charge on any atom is 0.314 e. The lowest BCUT2D eigenvalue weighted by Gasteiger charge is -2.31. The molecule has 0 radical (unpaired) electrons. The first kappa shape index (κ1) is 18.6. The Morgan fingerprint density at radius 2 is 1.69 bits per heavy atom. The molecule has 1 amide bonds. The van der Waals surface area contributed by atoms with E-state index in [0.717, 1.165) is 15.6 Å². The van der Waals surface area contributed by atoms with Gasteiger partial charge in [-0.15, -0.1) is 0 Å². The summed E-state index contributed by atoms with van der Waals surface area (Å²) in [6, 6.07) is 13.1. The number of amides is 1. The monoisotopic (exact) mass is 415 g/mol. The number of esters is 1. The summed E-state index contributed by atoms with van der Waals surface area (Å²) in [5.41, 5.74) is 2.77. The van der Waals surface area contributed by atoms with E-state index in [9.17, 15) is 9.59 Å². The third-order valence-corrected chi connectivity index (χ3v) is 5.28. The second-order valence-electron chi connectivity index (χ2n) is 6.76. The predicted molar refractivity (Wildman–Crippen MR) is 104 cm³/mol. The minimum atomic E-state index is -0.201. The molecule has 0 spiro atoms. The fourth-order valence-corrected chi connectivity index (χ4v) is 3.46. The molecule has 0 bridgehead atoms. The van der Waals surface area contributed by atoms with Gasteiger partial charge in [0.25, 0.3) is 5.91 Å². The van der Waals surface area contributed by atoms with Crippen LogP contribution in [0.25, 0.3) is 0 Å². The van der Waals surface area contributed by atoms with Gasteiger partial charge in [-0.25, -0.2) is 0 Å². The molecule has 0 saturated carbocycles. The Morgan fingerprint density at radius 3 is 2.31 bits per heavy atom. The first-order valence-electron chi connectivity index (χ1n) is 8.78. The summed E-state index contributed by atoms with van der Waals surface area (Å²) in [6.07, 6.45) is 1.26. The van der Waals surface area contributed by atoms with E-state index in [2.05, 4.69) is 15.9 Å². The summed E-state index contributed by atoms with van der Waals surface area (Å²) in [4.78, 5) is 26.8. The Labute approximate surface area is 162 Å². The van der Waals surface area contributed by atoms with Crippen molar-refractivity contribution in [3.63, 3.8) is 0 Å². The number of halogens is 1. The van der Waals surface area contributed by atoms with Gasteiger partial charge in [0.05, 0.1) is 5.92 Å². The van der Waals surface area contributed by atoms with Crippen molar-refractivity contribution < 1.29 is 14.3 Å². The van der Waals surface area contributed by atoms with Gasteiger partial charge >= 0.3 is 5.97 Å². The van der Waals surface area contributed by atoms with E-state index in [-0.39, 0.29) is 17.8 Å². The highest BCUT2D eigenvalue weighted by molar-refractivity contribution is 9.10. The molecule has 5 heteroatoms. The molecule has 136 valence electrons. The molecule has 1 aliphatic rings. The quantitative estimate of drug-likeness (QED) is 0.546. The van der Waals surface area contributed by atoms with Crippen LogP contribution in [0.4, 0.5) is 0 Å². The van der Waals surface area contributed by atoms with Gasteiger partial charge in [0.1, 0.15) is 5.75 Å². The average molecular weight is 416 g/mol. The lowest BCUT2D eigenvalue weighted by molar-refractivity contribution is -0.140. The Morgan fingerprint density at radius 1 is 1.04 bits per heavy atom. The second-order valence-corrected chi connectivity index (χ2v) is 7.68. The van der Waals surface area contributed by atoms with Crippen LogP contribution in [0.2, 0.25) is 0 Å². The fraction of sp³-hybridized carbons (Fsp3) is 0.333. The predicted octanol–water partition coefficient (Wildman–Crippen LogP) is 4.52. The van der Waals surface area contributed by atoms with Gasteiger partial charge in [0, 0.05) is 23.1 Å². The van der Waals surface area contributed by atoms with E-state index in [0.29, 0.717) is 37.2 Å². The van der Waals surface area contributed by atoms with Crippen molar-refractivity contribution in [3.8, 4) is 5.75 Å². The number of benzene rings is 2. The lowest BCUT2D eigenvalue weighted by Crippen LogP contribution is -2.41. The van der Waals surface area contributed by atoms with Crippen LogP contribution >= 0.6 is 15.9 Å². The number of hydrogen-bond acceptors (Lipinski definition) is 3. The number of hydrogen-bond donors (Lipinski definition) is 0. The summed E-state index contributed by atoms with van der Waals surface area (Å²) in [5, 5.41) is 0.